The normalized spacial score (nSPS) is 16.9. The van der Waals surface area contributed by atoms with Crippen LogP contribution in [0.5, 0.6) is 17.2 Å². The molecule has 6 rings (SSSR count). The van der Waals surface area contributed by atoms with Gasteiger partial charge in [-0.15, -0.1) is 0 Å². The van der Waals surface area contributed by atoms with Gasteiger partial charge >= 0.3 is 11.9 Å². The molecule has 0 saturated carbocycles. The number of nitrogens with zero attached hydrogens (tertiary/aromatic N) is 4. The van der Waals surface area contributed by atoms with E-state index in [9.17, 15) is 9.59 Å². The maximum Gasteiger partial charge on any atom is 0.336 e. The van der Waals surface area contributed by atoms with Crippen LogP contribution in [-0.2, 0) is 16.2 Å². The zero-order valence-corrected chi connectivity index (χ0v) is 21.8. The van der Waals surface area contributed by atoms with E-state index in [1.165, 1.54) is 0 Å². The van der Waals surface area contributed by atoms with Crippen LogP contribution >= 0.6 is 0 Å². The van der Waals surface area contributed by atoms with Crippen molar-refractivity contribution in [2.45, 2.75) is 45.3 Å². The monoisotopic (exact) mass is 527 g/mol. The van der Waals surface area contributed by atoms with E-state index < -0.39 is 11.9 Å². The number of benzene rings is 2. The van der Waals surface area contributed by atoms with Gasteiger partial charge in [0.2, 0.25) is 11.7 Å². The molecule has 0 aliphatic carbocycles. The molecule has 0 atom stereocenters. The van der Waals surface area contributed by atoms with Crippen molar-refractivity contribution >= 4 is 28.9 Å². The summed E-state index contributed by atoms with van der Waals surface area (Å²) in [6, 6.07) is 11.4. The second-order valence-electron chi connectivity index (χ2n) is 9.99. The maximum atomic E-state index is 12.5. The first-order valence-electron chi connectivity index (χ1n) is 13.1. The Morgan fingerprint density at radius 1 is 1.08 bits per heavy atom. The first-order valence-corrected chi connectivity index (χ1v) is 13.1. The van der Waals surface area contributed by atoms with Gasteiger partial charge in [-0.1, -0.05) is 30.3 Å². The van der Waals surface area contributed by atoms with Crippen LogP contribution < -0.4 is 19.1 Å². The van der Waals surface area contributed by atoms with Crippen molar-refractivity contribution in [3.8, 4) is 17.2 Å². The van der Waals surface area contributed by atoms with Gasteiger partial charge in [-0.25, -0.2) is 19.6 Å². The summed E-state index contributed by atoms with van der Waals surface area (Å²) in [7, 11) is 0. The molecule has 2 aliphatic rings. The molecular formula is C29H29N5O5. The van der Waals surface area contributed by atoms with Crippen molar-refractivity contribution in [2.24, 2.45) is 0 Å². The molecule has 2 aliphatic heterocycles. The zero-order valence-electron chi connectivity index (χ0n) is 21.8. The van der Waals surface area contributed by atoms with Gasteiger partial charge in [0, 0.05) is 55.2 Å². The highest BCUT2D eigenvalue weighted by Gasteiger charge is 2.31. The van der Waals surface area contributed by atoms with Crippen LogP contribution in [0, 0.1) is 0 Å². The first kappa shape index (κ1) is 24.7. The number of H-pyrrole nitrogens is 1. The Bertz CT molecular complexity index is 1530. The number of piperidine rings is 1. The molecule has 4 heterocycles. The topological polar surface area (TPSA) is 112 Å². The van der Waals surface area contributed by atoms with Gasteiger partial charge in [0.15, 0.2) is 5.75 Å². The Balaban J connectivity index is 1.45. The van der Waals surface area contributed by atoms with Crippen LogP contribution in [0.3, 0.4) is 0 Å². The van der Waals surface area contributed by atoms with Crippen LogP contribution in [-0.4, -0.2) is 44.5 Å². The lowest BCUT2D eigenvalue weighted by Crippen LogP contribution is -2.35. The van der Waals surface area contributed by atoms with Crippen molar-refractivity contribution in [3.63, 3.8) is 0 Å². The number of aromatic nitrogens is 4. The molecule has 0 amide bonds. The second kappa shape index (κ2) is 10.3. The minimum absolute atomic E-state index is 0.0131. The number of rotatable bonds is 6. The van der Waals surface area contributed by atoms with Gasteiger partial charge in [0.05, 0.1) is 6.33 Å². The number of nitrogens with one attached hydrogen (secondary N) is 1. The molecule has 2 aromatic heterocycles. The summed E-state index contributed by atoms with van der Waals surface area (Å²) in [5, 5.41) is 0. The van der Waals surface area contributed by atoms with Crippen LogP contribution in [0.1, 0.15) is 49.9 Å². The standard InChI is InChI=1S/C29H29N5O5/c1-18(2)34-27-22(37-16-19-6-4-3-5-7-19)14-23-28(39-25(36)9-8-24(35)38-23)26(27)32-29(34)33-12-10-20(11-13-33)21-15-30-17-31-21/h3-9,14-15,17-18,20H,10-13,16H2,1-2H3,(H,30,31)/b9-8-. The lowest BCUT2D eigenvalue weighted by molar-refractivity contribution is -0.133. The molecule has 4 aromatic rings. The zero-order chi connectivity index (χ0) is 26.9. The predicted octanol–water partition coefficient (Wildman–Crippen LogP) is 4.68. The number of hydrogen-bond donors (Lipinski definition) is 1. The predicted molar refractivity (Wildman–Crippen MR) is 144 cm³/mol. The van der Waals surface area contributed by atoms with E-state index in [1.807, 2.05) is 36.5 Å². The fourth-order valence-corrected chi connectivity index (χ4v) is 5.21. The number of carbonyl (C=O) groups excluding carboxylic acids is 2. The molecule has 10 nitrogen and oxygen atoms in total. The molecule has 2 aromatic carbocycles. The van der Waals surface area contributed by atoms with Gasteiger partial charge in [-0.3, -0.25) is 0 Å². The average Bonchev–Trinajstić information content (AvgIpc) is 3.61. The summed E-state index contributed by atoms with van der Waals surface area (Å²) in [4.78, 5) is 39.4. The van der Waals surface area contributed by atoms with Crippen molar-refractivity contribution in [3.05, 3.63) is 72.3 Å². The lowest BCUT2D eigenvalue weighted by atomic mass is 9.94. The maximum absolute atomic E-state index is 12.5. The summed E-state index contributed by atoms with van der Waals surface area (Å²) in [5.74, 6) is 0.483. The number of anilines is 1. The minimum atomic E-state index is -0.675. The summed E-state index contributed by atoms with van der Waals surface area (Å²) in [6.45, 7) is 6.04. The van der Waals surface area contributed by atoms with Crippen LogP contribution in [0.15, 0.2) is 61.1 Å². The van der Waals surface area contributed by atoms with E-state index in [0.29, 0.717) is 29.3 Å². The van der Waals surface area contributed by atoms with Crippen LogP contribution in [0.4, 0.5) is 5.95 Å². The number of aromatic amines is 1. The Morgan fingerprint density at radius 2 is 1.82 bits per heavy atom. The van der Waals surface area contributed by atoms with E-state index in [4.69, 9.17) is 19.2 Å². The van der Waals surface area contributed by atoms with Crippen molar-refractivity contribution < 1.29 is 23.8 Å². The Morgan fingerprint density at radius 3 is 2.51 bits per heavy atom. The Labute approximate surface area is 225 Å². The number of esters is 2. The third-order valence-electron chi connectivity index (χ3n) is 7.09. The molecule has 0 spiro atoms. The highest BCUT2D eigenvalue weighted by molar-refractivity contribution is 6.00. The average molecular weight is 528 g/mol. The van der Waals surface area contributed by atoms with Crippen molar-refractivity contribution in [1.29, 1.82) is 0 Å². The smallest absolute Gasteiger partial charge is 0.336 e. The summed E-state index contributed by atoms with van der Waals surface area (Å²) in [6.07, 6.45) is 7.59. The third kappa shape index (κ3) is 4.85. The lowest BCUT2D eigenvalue weighted by Gasteiger charge is -2.33. The van der Waals surface area contributed by atoms with Gasteiger partial charge < -0.3 is 28.7 Å². The number of carbonyl (C=O) groups is 2. The van der Waals surface area contributed by atoms with E-state index in [2.05, 4.69) is 33.3 Å². The Kier molecular flexibility index (Phi) is 6.52. The number of imidazole rings is 2. The molecule has 1 fully saturated rings. The molecule has 200 valence electrons. The van der Waals surface area contributed by atoms with Crippen molar-refractivity contribution in [1.82, 2.24) is 19.5 Å². The SMILES string of the molecule is CC(C)n1c(N2CCC(c3cnc[nH]3)CC2)nc2c3c(cc(OCc4ccccc4)c21)OC(=O)/C=C\C(=O)O3. The van der Waals surface area contributed by atoms with E-state index >= 15 is 0 Å². The van der Waals surface area contributed by atoms with Gasteiger partial charge in [-0.2, -0.15) is 0 Å². The van der Waals surface area contributed by atoms with Crippen molar-refractivity contribution in [2.75, 3.05) is 18.0 Å². The van der Waals surface area contributed by atoms with E-state index in [-0.39, 0.29) is 17.5 Å². The van der Waals surface area contributed by atoms with E-state index in [1.54, 1.807) is 12.4 Å². The number of ether oxygens (including phenoxy) is 3. The molecule has 1 N–H and O–H groups in total. The third-order valence-corrected chi connectivity index (χ3v) is 7.09. The molecule has 1 saturated heterocycles. The first-order chi connectivity index (χ1) is 19.0. The molecule has 0 bridgehead atoms. The van der Waals surface area contributed by atoms with Gasteiger partial charge in [0.25, 0.3) is 0 Å². The van der Waals surface area contributed by atoms with E-state index in [0.717, 1.165) is 55.3 Å². The molecule has 0 unspecified atom stereocenters. The molecular weight excluding hydrogens is 498 g/mol. The van der Waals surface area contributed by atoms with Crippen LogP contribution in [0.25, 0.3) is 11.0 Å². The summed E-state index contributed by atoms with van der Waals surface area (Å²) < 4.78 is 19.6. The fraction of sp³-hybridized carbons (Fsp3) is 0.310. The minimum Gasteiger partial charge on any atom is -0.486 e. The largest absolute Gasteiger partial charge is 0.486 e. The van der Waals surface area contributed by atoms with Crippen LogP contribution in [0.2, 0.25) is 0 Å². The summed E-state index contributed by atoms with van der Waals surface area (Å²) >= 11 is 0. The van der Waals surface area contributed by atoms with Gasteiger partial charge in [0.1, 0.15) is 23.4 Å². The van der Waals surface area contributed by atoms with Gasteiger partial charge in [-0.05, 0) is 32.3 Å². The highest BCUT2D eigenvalue weighted by atomic mass is 16.6. The molecule has 39 heavy (non-hydrogen) atoms. The number of fused-ring (bicyclic) bond motifs is 3. The molecule has 0 radical (unpaired) electrons. The second-order valence-corrected chi connectivity index (χ2v) is 9.99. The quantitative estimate of drug-likeness (QED) is 0.284. The molecule has 10 heteroatoms. The fourth-order valence-electron chi connectivity index (χ4n) is 5.21. The number of hydrogen-bond acceptors (Lipinski definition) is 8. The highest BCUT2D eigenvalue weighted by Crippen LogP contribution is 2.45. The Hall–Kier alpha value is -4.60. The summed E-state index contributed by atoms with van der Waals surface area (Å²) in [5.41, 5.74) is 3.22.